The zero-order valence-electron chi connectivity index (χ0n) is 18.6. The maximum Gasteiger partial charge on any atom is 0.432 e. The van der Waals surface area contributed by atoms with Crippen molar-refractivity contribution in [2.45, 2.75) is 25.6 Å². The fourth-order valence-electron chi connectivity index (χ4n) is 3.20. The lowest BCUT2D eigenvalue weighted by molar-refractivity contribution is -0.248. The minimum atomic E-state index is -4.88. The number of alkyl halides is 3. The molecule has 1 aromatic heterocycles. The lowest BCUT2D eigenvalue weighted by Crippen LogP contribution is -2.45. The van der Waals surface area contributed by atoms with Crippen molar-refractivity contribution in [3.8, 4) is 5.88 Å². The number of hydrogen-bond acceptors (Lipinski definition) is 5. The van der Waals surface area contributed by atoms with Gasteiger partial charge in [0.15, 0.2) is 0 Å². The van der Waals surface area contributed by atoms with Gasteiger partial charge in [0.2, 0.25) is 21.5 Å². The summed E-state index contributed by atoms with van der Waals surface area (Å²) in [6, 6.07) is 11.2. The Kier molecular flexibility index (Phi) is 7.14. The molecule has 3 aromatic rings. The van der Waals surface area contributed by atoms with Gasteiger partial charge < -0.3 is 4.74 Å². The van der Waals surface area contributed by atoms with E-state index in [0.29, 0.717) is 11.8 Å². The first-order valence-electron chi connectivity index (χ1n) is 9.93. The molecule has 0 aliphatic carbocycles. The number of sulfonamides is 1. The average Bonchev–Trinajstić information content (AvgIpc) is 2.76. The first-order valence-corrected chi connectivity index (χ1v) is 12.2. The maximum atomic E-state index is 14.3. The number of anilines is 1. The van der Waals surface area contributed by atoms with Gasteiger partial charge in [0.05, 0.1) is 23.7 Å². The van der Waals surface area contributed by atoms with Crippen LogP contribution in [0.15, 0.2) is 60.8 Å². The first kappa shape index (κ1) is 26.4. The zero-order chi connectivity index (χ0) is 26.2. The van der Waals surface area contributed by atoms with E-state index in [4.69, 9.17) is 16.3 Å². The molecule has 3 rings (SSSR count). The SMILES string of the molecule is Cc1ccc(F)c(C(=O)N(c2cnc(O[C@@](C)(c3ccccc3)C(F)(F)F)c(Cl)c2)S(C)(=O)=O)c1. The molecule has 2 aromatic carbocycles. The van der Waals surface area contributed by atoms with E-state index in [-0.39, 0.29) is 9.87 Å². The summed E-state index contributed by atoms with van der Waals surface area (Å²) in [6.45, 7) is 2.37. The number of aromatic nitrogens is 1. The predicted octanol–water partition coefficient (Wildman–Crippen LogP) is 5.65. The second kappa shape index (κ2) is 9.46. The van der Waals surface area contributed by atoms with Crippen molar-refractivity contribution in [3.05, 3.63) is 88.3 Å². The van der Waals surface area contributed by atoms with Crippen molar-refractivity contribution >= 4 is 33.2 Å². The Morgan fingerprint density at radius 1 is 1.09 bits per heavy atom. The van der Waals surface area contributed by atoms with Crippen LogP contribution in [0.25, 0.3) is 0 Å². The van der Waals surface area contributed by atoms with E-state index in [9.17, 15) is 30.8 Å². The number of ether oxygens (including phenoxy) is 1. The van der Waals surface area contributed by atoms with Crippen molar-refractivity contribution in [1.82, 2.24) is 4.98 Å². The summed E-state index contributed by atoms with van der Waals surface area (Å²) in [5, 5.41) is -0.500. The molecule has 1 atom stereocenters. The van der Waals surface area contributed by atoms with Gasteiger partial charge in [-0.05, 0) is 32.0 Å². The van der Waals surface area contributed by atoms with E-state index in [1.807, 2.05) is 0 Å². The molecule has 0 fully saturated rings. The van der Waals surface area contributed by atoms with Crippen LogP contribution in [0.2, 0.25) is 5.02 Å². The number of nitrogens with zero attached hydrogens (tertiary/aromatic N) is 2. The van der Waals surface area contributed by atoms with Crippen molar-refractivity contribution in [1.29, 1.82) is 0 Å². The highest BCUT2D eigenvalue weighted by Gasteiger charge is 2.55. The summed E-state index contributed by atoms with van der Waals surface area (Å²) in [7, 11) is -4.33. The molecule has 35 heavy (non-hydrogen) atoms. The van der Waals surface area contributed by atoms with Gasteiger partial charge in [-0.1, -0.05) is 53.6 Å². The van der Waals surface area contributed by atoms with E-state index in [1.54, 1.807) is 6.92 Å². The topological polar surface area (TPSA) is 76.6 Å². The Morgan fingerprint density at radius 3 is 2.26 bits per heavy atom. The molecule has 186 valence electrons. The van der Waals surface area contributed by atoms with Crippen molar-refractivity contribution < 1.29 is 35.5 Å². The maximum absolute atomic E-state index is 14.3. The van der Waals surface area contributed by atoms with E-state index in [2.05, 4.69) is 4.98 Å². The molecule has 0 bridgehead atoms. The molecule has 0 aliphatic rings. The summed E-state index contributed by atoms with van der Waals surface area (Å²) < 4.78 is 86.5. The van der Waals surface area contributed by atoms with Gasteiger partial charge in [-0.3, -0.25) is 4.79 Å². The van der Waals surface area contributed by atoms with Crippen LogP contribution in [0.1, 0.15) is 28.4 Å². The third-order valence-corrected chi connectivity index (χ3v) is 6.37. The number of aryl methyl sites for hydroxylation is 1. The summed E-state index contributed by atoms with van der Waals surface area (Å²) in [5.74, 6) is -2.84. The minimum absolute atomic E-state index is 0.225. The van der Waals surface area contributed by atoms with Gasteiger partial charge in [-0.25, -0.2) is 22.1 Å². The van der Waals surface area contributed by atoms with Crippen LogP contribution in [0, 0.1) is 12.7 Å². The standard InChI is InChI=1S/C23H19ClF4N2O4S/c1-14-9-10-19(25)17(11-14)21(31)30(35(3,32)33)16-12-18(24)20(29-13-16)34-22(2,23(26,27)28)15-7-5-4-6-8-15/h4-13H,1-3H3/t22-/m0/s1. The second-order valence-corrected chi connectivity index (χ2v) is 10.0. The fraction of sp³-hybridized carbons (Fsp3) is 0.217. The van der Waals surface area contributed by atoms with Crippen LogP contribution in [0.4, 0.5) is 23.2 Å². The van der Waals surface area contributed by atoms with Gasteiger partial charge in [0.1, 0.15) is 10.8 Å². The molecule has 0 N–H and O–H groups in total. The Morgan fingerprint density at radius 2 is 1.71 bits per heavy atom. The first-order chi connectivity index (χ1) is 16.1. The number of pyridine rings is 1. The van der Waals surface area contributed by atoms with Crippen molar-refractivity contribution in [2.75, 3.05) is 10.6 Å². The highest BCUT2D eigenvalue weighted by Crippen LogP contribution is 2.43. The summed E-state index contributed by atoms with van der Waals surface area (Å²) >= 11 is 6.11. The number of hydrogen-bond donors (Lipinski definition) is 0. The van der Waals surface area contributed by atoms with E-state index in [1.165, 1.54) is 36.4 Å². The number of benzene rings is 2. The van der Waals surface area contributed by atoms with Gasteiger partial charge in [-0.2, -0.15) is 13.2 Å². The van der Waals surface area contributed by atoms with E-state index in [0.717, 1.165) is 31.3 Å². The molecule has 0 unspecified atom stereocenters. The van der Waals surface area contributed by atoms with Crippen molar-refractivity contribution in [3.63, 3.8) is 0 Å². The smallest absolute Gasteiger partial charge is 0.432 e. The molecule has 0 saturated heterocycles. The van der Waals surface area contributed by atoms with Gasteiger partial charge in [0.25, 0.3) is 5.91 Å². The van der Waals surface area contributed by atoms with Gasteiger partial charge >= 0.3 is 6.18 Å². The van der Waals surface area contributed by atoms with Gasteiger partial charge in [-0.15, -0.1) is 0 Å². The minimum Gasteiger partial charge on any atom is -0.456 e. The highest BCUT2D eigenvalue weighted by atomic mass is 35.5. The second-order valence-electron chi connectivity index (χ2n) is 7.80. The Bertz CT molecular complexity index is 1370. The molecule has 0 saturated carbocycles. The Balaban J connectivity index is 2.06. The monoisotopic (exact) mass is 530 g/mol. The molecule has 0 spiro atoms. The Labute approximate surface area is 204 Å². The van der Waals surface area contributed by atoms with Crippen LogP contribution in [0.3, 0.4) is 0 Å². The molecule has 1 amide bonds. The molecule has 1 heterocycles. The fourth-order valence-corrected chi connectivity index (χ4v) is 4.28. The summed E-state index contributed by atoms with van der Waals surface area (Å²) in [5.41, 5.74) is -3.51. The normalized spacial score (nSPS) is 13.7. The van der Waals surface area contributed by atoms with Crippen LogP contribution >= 0.6 is 11.6 Å². The van der Waals surface area contributed by atoms with Crippen LogP contribution < -0.4 is 9.04 Å². The summed E-state index contributed by atoms with van der Waals surface area (Å²) in [4.78, 5) is 16.7. The van der Waals surface area contributed by atoms with Crippen molar-refractivity contribution in [2.24, 2.45) is 0 Å². The zero-order valence-corrected chi connectivity index (χ0v) is 20.2. The lowest BCUT2D eigenvalue weighted by Gasteiger charge is -2.33. The molecular weight excluding hydrogens is 512 g/mol. The third-order valence-electron chi connectivity index (χ3n) is 5.06. The largest absolute Gasteiger partial charge is 0.456 e. The number of rotatable bonds is 6. The van der Waals surface area contributed by atoms with Gasteiger partial charge in [0, 0.05) is 5.56 Å². The third kappa shape index (κ3) is 5.40. The number of amides is 1. The quantitative estimate of drug-likeness (QED) is 0.385. The predicted molar refractivity (Wildman–Crippen MR) is 123 cm³/mol. The van der Waals surface area contributed by atoms with E-state index < -0.39 is 55.7 Å². The van der Waals surface area contributed by atoms with Crippen LogP contribution in [-0.4, -0.2) is 31.7 Å². The Hall–Kier alpha value is -3.18. The number of carbonyl (C=O) groups excluding carboxylic acids is 1. The number of carbonyl (C=O) groups is 1. The molecule has 0 aliphatic heterocycles. The molecule has 6 nitrogen and oxygen atoms in total. The van der Waals surface area contributed by atoms with E-state index >= 15 is 0 Å². The molecule has 12 heteroatoms. The van der Waals surface area contributed by atoms with Crippen LogP contribution in [0.5, 0.6) is 5.88 Å². The lowest BCUT2D eigenvalue weighted by atomic mass is 9.95. The summed E-state index contributed by atoms with van der Waals surface area (Å²) in [6.07, 6.45) is -3.38. The molecular formula is C23H19ClF4N2O4S. The number of halogens is 5. The molecule has 0 radical (unpaired) electrons. The van der Waals surface area contributed by atoms with Crippen LogP contribution in [-0.2, 0) is 15.6 Å². The highest BCUT2D eigenvalue weighted by molar-refractivity contribution is 7.92. The average molecular weight is 531 g/mol.